The average molecular weight is 351 g/mol. The Morgan fingerprint density at radius 2 is 1.70 bits per heavy atom. The van der Waals surface area contributed by atoms with Crippen molar-refractivity contribution in [2.45, 2.75) is 25.9 Å². The van der Waals surface area contributed by atoms with Gasteiger partial charge in [-0.25, -0.2) is 0 Å². The SMILES string of the molecule is CC(NC(=O)C(C)C(N)c1ccccc1)c1cccc(Cl)c1Cl. The Morgan fingerprint density at radius 1 is 1.04 bits per heavy atom. The summed E-state index contributed by atoms with van der Waals surface area (Å²) in [5.74, 6) is -0.484. The van der Waals surface area contributed by atoms with Crippen molar-refractivity contribution >= 4 is 29.1 Å². The van der Waals surface area contributed by atoms with Gasteiger partial charge in [0.05, 0.1) is 22.0 Å². The summed E-state index contributed by atoms with van der Waals surface area (Å²) in [6.07, 6.45) is 0. The van der Waals surface area contributed by atoms with E-state index in [0.717, 1.165) is 11.1 Å². The number of benzene rings is 2. The van der Waals surface area contributed by atoms with E-state index >= 15 is 0 Å². The molecule has 0 bridgehead atoms. The lowest BCUT2D eigenvalue weighted by atomic mass is 9.94. The van der Waals surface area contributed by atoms with Crippen LogP contribution < -0.4 is 11.1 Å². The summed E-state index contributed by atoms with van der Waals surface area (Å²) in [6, 6.07) is 14.4. The van der Waals surface area contributed by atoms with Crippen LogP contribution in [-0.4, -0.2) is 5.91 Å². The van der Waals surface area contributed by atoms with E-state index < -0.39 is 0 Å². The Kier molecular flexibility index (Phi) is 6.05. The molecule has 0 heterocycles. The quantitative estimate of drug-likeness (QED) is 0.833. The first kappa shape index (κ1) is 17.8. The fourth-order valence-corrected chi connectivity index (χ4v) is 2.88. The minimum atomic E-state index is -0.363. The molecule has 2 aromatic rings. The highest BCUT2D eigenvalue weighted by molar-refractivity contribution is 6.42. The maximum absolute atomic E-state index is 12.5. The minimum absolute atomic E-state index is 0.120. The monoisotopic (exact) mass is 350 g/mol. The van der Waals surface area contributed by atoms with Crippen LogP contribution in [0.3, 0.4) is 0 Å². The number of hydrogen-bond donors (Lipinski definition) is 2. The molecule has 0 saturated heterocycles. The van der Waals surface area contributed by atoms with E-state index in [4.69, 9.17) is 28.9 Å². The Labute approximate surface area is 146 Å². The Hall–Kier alpha value is -1.55. The molecule has 0 fully saturated rings. The lowest BCUT2D eigenvalue weighted by Gasteiger charge is -2.23. The number of carbonyl (C=O) groups is 1. The summed E-state index contributed by atoms with van der Waals surface area (Å²) in [5.41, 5.74) is 7.92. The predicted octanol–water partition coefficient (Wildman–Crippen LogP) is 4.51. The fourth-order valence-electron chi connectivity index (χ4n) is 2.40. The molecule has 0 aliphatic rings. The van der Waals surface area contributed by atoms with E-state index in [1.54, 1.807) is 6.07 Å². The van der Waals surface area contributed by atoms with Gasteiger partial charge in [-0.1, -0.05) is 72.6 Å². The van der Waals surface area contributed by atoms with Gasteiger partial charge in [0.2, 0.25) is 5.91 Å². The van der Waals surface area contributed by atoms with Crippen molar-refractivity contribution in [1.82, 2.24) is 5.32 Å². The van der Waals surface area contributed by atoms with Crippen molar-refractivity contribution in [3.63, 3.8) is 0 Å². The fraction of sp³-hybridized carbons (Fsp3) is 0.278. The standard InChI is InChI=1S/C18H20Cl2N2O/c1-11(17(21)13-7-4-3-5-8-13)18(23)22-12(2)14-9-6-10-15(19)16(14)20/h3-12,17H,21H2,1-2H3,(H,22,23). The maximum atomic E-state index is 12.5. The summed E-state index contributed by atoms with van der Waals surface area (Å²) in [4.78, 5) is 12.5. The van der Waals surface area contributed by atoms with Crippen LogP contribution in [0.25, 0.3) is 0 Å². The molecule has 23 heavy (non-hydrogen) atoms. The minimum Gasteiger partial charge on any atom is -0.349 e. The van der Waals surface area contributed by atoms with Crippen molar-refractivity contribution < 1.29 is 4.79 Å². The zero-order chi connectivity index (χ0) is 17.0. The van der Waals surface area contributed by atoms with E-state index in [1.807, 2.05) is 56.3 Å². The second-order valence-corrected chi connectivity index (χ2v) is 6.38. The van der Waals surface area contributed by atoms with Crippen molar-refractivity contribution in [3.8, 4) is 0 Å². The lowest BCUT2D eigenvalue weighted by Crippen LogP contribution is -2.37. The second kappa shape index (κ2) is 7.82. The molecule has 1 amide bonds. The molecule has 0 saturated carbocycles. The third-order valence-electron chi connectivity index (χ3n) is 3.94. The van der Waals surface area contributed by atoms with Crippen molar-refractivity contribution in [1.29, 1.82) is 0 Å². The van der Waals surface area contributed by atoms with Crippen LogP contribution in [0.15, 0.2) is 48.5 Å². The van der Waals surface area contributed by atoms with Gasteiger partial charge in [0.15, 0.2) is 0 Å². The Morgan fingerprint density at radius 3 is 2.35 bits per heavy atom. The molecular weight excluding hydrogens is 331 g/mol. The number of halogens is 2. The molecule has 3 N–H and O–H groups in total. The number of rotatable bonds is 5. The summed E-state index contributed by atoms with van der Waals surface area (Å²) < 4.78 is 0. The predicted molar refractivity (Wildman–Crippen MR) is 95.6 cm³/mol. The molecule has 0 aromatic heterocycles. The zero-order valence-corrected chi connectivity index (χ0v) is 14.6. The van der Waals surface area contributed by atoms with Gasteiger partial charge in [-0.2, -0.15) is 0 Å². The molecule has 3 unspecified atom stereocenters. The first-order valence-electron chi connectivity index (χ1n) is 7.46. The van der Waals surface area contributed by atoms with Crippen LogP contribution in [0.2, 0.25) is 10.0 Å². The Bertz CT molecular complexity index is 676. The molecule has 5 heteroatoms. The van der Waals surface area contributed by atoms with E-state index in [-0.39, 0.29) is 23.9 Å². The maximum Gasteiger partial charge on any atom is 0.225 e. The van der Waals surface area contributed by atoms with E-state index in [9.17, 15) is 4.79 Å². The summed E-state index contributed by atoms with van der Waals surface area (Å²) in [5, 5.41) is 3.88. The molecule has 0 spiro atoms. The smallest absolute Gasteiger partial charge is 0.225 e. The largest absolute Gasteiger partial charge is 0.349 e. The van der Waals surface area contributed by atoms with E-state index in [1.165, 1.54) is 0 Å². The van der Waals surface area contributed by atoms with E-state index in [0.29, 0.717) is 10.0 Å². The summed E-state index contributed by atoms with van der Waals surface area (Å²) >= 11 is 12.2. The second-order valence-electron chi connectivity index (χ2n) is 5.60. The highest BCUT2D eigenvalue weighted by atomic mass is 35.5. The van der Waals surface area contributed by atoms with Gasteiger partial charge in [0, 0.05) is 6.04 Å². The molecule has 3 nitrogen and oxygen atoms in total. The van der Waals surface area contributed by atoms with Gasteiger partial charge in [-0.3, -0.25) is 4.79 Å². The normalized spacial score (nSPS) is 14.8. The number of amides is 1. The summed E-state index contributed by atoms with van der Waals surface area (Å²) in [7, 11) is 0. The molecular formula is C18H20Cl2N2O. The van der Waals surface area contributed by atoms with Crippen LogP contribution in [0, 0.1) is 5.92 Å². The van der Waals surface area contributed by atoms with Gasteiger partial charge in [-0.05, 0) is 24.1 Å². The van der Waals surface area contributed by atoms with Crippen LogP contribution in [0.4, 0.5) is 0 Å². The topological polar surface area (TPSA) is 55.1 Å². The van der Waals surface area contributed by atoms with Gasteiger partial charge in [0.1, 0.15) is 0 Å². The Balaban J connectivity index is 2.07. The first-order chi connectivity index (χ1) is 10.9. The van der Waals surface area contributed by atoms with Gasteiger partial charge in [-0.15, -0.1) is 0 Å². The first-order valence-corrected chi connectivity index (χ1v) is 8.22. The molecule has 0 aliphatic carbocycles. The van der Waals surface area contributed by atoms with Crippen molar-refractivity contribution in [2.24, 2.45) is 11.7 Å². The van der Waals surface area contributed by atoms with Gasteiger partial charge < -0.3 is 11.1 Å². The molecule has 0 aliphatic heterocycles. The third kappa shape index (κ3) is 4.25. The number of hydrogen-bond acceptors (Lipinski definition) is 2. The number of nitrogens with one attached hydrogen (secondary N) is 1. The van der Waals surface area contributed by atoms with Crippen molar-refractivity contribution in [3.05, 3.63) is 69.7 Å². The van der Waals surface area contributed by atoms with Gasteiger partial charge >= 0.3 is 0 Å². The molecule has 0 radical (unpaired) electrons. The van der Waals surface area contributed by atoms with Gasteiger partial charge in [0.25, 0.3) is 0 Å². The highest BCUT2D eigenvalue weighted by Gasteiger charge is 2.24. The highest BCUT2D eigenvalue weighted by Crippen LogP contribution is 2.30. The number of carbonyl (C=O) groups excluding carboxylic acids is 1. The van der Waals surface area contributed by atoms with Crippen LogP contribution in [0.1, 0.15) is 37.1 Å². The van der Waals surface area contributed by atoms with Crippen LogP contribution >= 0.6 is 23.2 Å². The van der Waals surface area contributed by atoms with Crippen molar-refractivity contribution in [2.75, 3.05) is 0 Å². The zero-order valence-electron chi connectivity index (χ0n) is 13.1. The molecule has 2 rings (SSSR count). The number of nitrogens with two attached hydrogens (primary N) is 1. The molecule has 122 valence electrons. The van der Waals surface area contributed by atoms with Crippen LogP contribution in [0.5, 0.6) is 0 Å². The average Bonchev–Trinajstić information content (AvgIpc) is 2.56. The van der Waals surface area contributed by atoms with Crippen LogP contribution in [-0.2, 0) is 4.79 Å². The molecule has 2 aromatic carbocycles. The molecule has 3 atom stereocenters. The van der Waals surface area contributed by atoms with E-state index in [2.05, 4.69) is 5.32 Å². The summed E-state index contributed by atoms with van der Waals surface area (Å²) in [6.45, 7) is 3.69. The lowest BCUT2D eigenvalue weighted by molar-refractivity contribution is -0.125. The third-order valence-corrected chi connectivity index (χ3v) is 4.78.